The molecule has 2 atom stereocenters. The van der Waals surface area contributed by atoms with Gasteiger partial charge in [0.25, 0.3) is 0 Å². The summed E-state index contributed by atoms with van der Waals surface area (Å²) in [6, 6.07) is 8.32. The number of nitrogens with one attached hydrogen (secondary N) is 2. The third-order valence-corrected chi connectivity index (χ3v) is 3.80. The maximum absolute atomic E-state index is 12.2. The molecule has 4 heteroatoms. The summed E-state index contributed by atoms with van der Waals surface area (Å²) in [5, 5.41) is 6.38. The molecular formula is C17H26N2O2. The molecule has 4 nitrogen and oxygen atoms in total. The Labute approximate surface area is 127 Å². The Hall–Kier alpha value is -1.39. The summed E-state index contributed by atoms with van der Waals surface area (Å²) in [6.07, 6.45) is 2.05. The lowest BCUT2D eigenvalue weighted by Gasteiger charge is -2.27. The maximum Gasteiger partial charge on any atom is 0.227 e. The highest BCUT2D eigenvalue weighted by Crippen LogP contribution is 2.19. The normalized spacial score (nSPS) is 22.3. The Kier molecular flexibility index (Phi) is 5.76. The monoisotopic (exact) mass is 290 g/mol. The number of carbonyl (C=O) groups excluding carboxylic acids is 1. The second-order valence-corrected chi connectivity index (χ2v) is 6.12. The molecule has 0 aromatic heterocycles. The van der Waals surface area contributed by atoms with Crippen LogP contribution in [-0.4, -0.2) is 24.6 Å². The zero-order chi connectivity index (χ0) is 15.2. The average molecular weight is 290 g/mol. The molecule has 1 aromatic carbocycles. The van der Waals surface area contributed by atoms with E-state index in [-0.39, 0.29) is 17.9 Å². The van der Waals surface area contributed by atoms with Crippen molar-refractivity contribution in [2.24, 2.45) is 5.92 Å². The van der Waals surface area contributed by atoms with Gasteiger partial charge in [0.1, 0.15) is 0 Å². The molecule has 21 heavy (non-hydrogen) atoms. The first-order valence-electron chi connectivity index (χ1n) is 7.79. The summed E-state index contributed by atoms with van der Waals surface area (Å²) in [4.78, 5) is 12.2. The van der Waals surface area contributed by atoms with E-state index in [1.54, 1.807) is 0 Å². The molecule has 1 saturated heterocycles. The van der Waals surface area contributed by atoms with E-state index in [4.69, 9.17) is 4.74 Å². The van der Waals surface area contributed by atoms with Gasteiger partial charge in [-0.1, -0.05) is 12.1 Å². The van der Waals surface area contributed by atoms with Gasteiger partial charge in [0.15, 0.2) is 0 Å². The second kappa shape index (κ2) is 7.57. The lowest BCUT2D eigenvalue weighted by molar-refractivity contribution is -0.120. The Morgan fingerprint density at radius 2 is 2.10 bits per heavy atom. The van der Waals surface area contributed by atoms with Gasteiger partial charge in [-0.2, -0.15) is 0 Å². The fraction of sp³-hybridized carbons (Fsp3) is 0.588. The molecule has 1 aromatic rings. The van der Waals surface area contributed by atoms with Gasteiger partial charge in [0.05, 0.1) is 12.7 Å². The molecule has 2 N–H and O–H groups in total. The van der Waals surface area contributed by atoms with Gasteiger partial charge in [0.2, 0.25) is 5.91 Å². The van der Waals surface area contributed by atoms with Crippen LogP contribution in [0.2, 0.25) is 0 Å². The standard InChI is InChI=1S/C17H26N2O2/c1-12(2)21-11-14-4-6-16(7-5-14)19-17(20)15-8-9-18-13(3)10-15/h4-7,12-13,15,18H,8-11H2,1-3H3,(H,19,20)/t13-,15-/m0/s1. The zero-order valence-electron chi connectivity index (χ0n) is 13.2. The predicted octanol–water partition coefficient (Wildman–Crippen LogP) is 2.94. The fourth-order valence-electron chi connectivity index (χ4n) is 2.56. The zero-order valence-corrected chi connectivity index (χ0v) is 13.2. The fourth-order valence-corrected chi connectivity index (χ4v) is 2.56. The van der Waals surface area contributed by atoms with Crippen LogP contribution >= 0.6 is 0 Å². The van der Waals surface area contributed by atoms with Crippen LogP contribution < -0.4 is 10.6 Å². The minimum Gasteiger partial charge on any atom is -0.374 e. The number of anilines is 1. The van der Waals surface area contributed by atoms with Crippen molar-refractivity contribution in [3.8, 4) is 0 Å². The molecule has 0 spiro atoms. The minimum absolute atomic E-state index is 0.116. The third kappa shape index (κ3) is 5.14. The number of carbonyl (C=O) groups is 1. The van der Waals surface area contributed by atoms with Gasteiger partial charge in [0, 0.05) is 17.6 Å². The predicted molar refractivity (Wildman–Crippen MR) is 85.2 cm³/mol. The Bertz CT molecular complexity index is 456. The SMILES string of the molecule is CC(C)OCc1ccc(NC(=O)[C@H]2CCN[C@@H](C)C2)cc1. The van der Waals surface area contributed by atoms with Crippen molar-refractivity contribution < 1.29 is 9.53 Å². The molecule has 0 unspecified atom stereocenters. The number of hydrogen-bond donors (Lipinski definition) is 2. The lowest BCUT2D eigenvalue weighted by Crippen LogP contribution is -2.40. The largest absolute Gasteiger partial charge is 0.374 e. The molecule has 0 aliphatic carbocycles. The van der Waals surface area contributed by atoms with Crippen molar-refractivity contribution in [2.45, 2.75) is 52.4 Å². The molecule has 0 radical (unpaired) electrons. The number of rotatable bonds is 5. The van der Waals surface area contributed by atoms with E-state index in [9.17, 15) is 4.79 Å². The maximum atomic E-state index is 12.2. The van der Waals surface area contributed by atoms with Crippen molar-refractivity contribution in [1.29, 1.82) is 0 Å². The highest BCUT2D eigenvalue weighted by molar-refractivity contribution is 5.92. The first kappa shape index (κ1) is 16.0. The first-order chi connectivity index (χ1) is 10.0. The molecule has 0 bridgehead atoms. The van der Waals surface area contributed by atoms with Crippen molar-refractivity contribution in [1.82, 2.24) is 5.32 Å². The van der Waals surface area contributed by atoms with Crippen molar-refractivity contribution in [3.05, 3.63) is 29.8 Å². The van der Waals surface area contributed by atoms with Crippen LogP contribution in [0.25, 0.3) is 0 Å². The van der Waals surface area contributed by atoms with E-state index in [1.165, 1.54) is 0 Å². The van der Waals surface area contributed by atoms with Gasteiger partial charge in [-0.05, 0) is 57.9 Å². The van der Waals surface area contributed by atoms with Crippen LogP contribution in [0, 0.1) is 5.92 Å². The first-order valence-corrected chi connectivity index (χ1v) is 7.79. The van der Waals surface area contributed by atoms with Crippen LogP contribution in [0.3, 0.4) is 0 Å². The molecule has 2 rings (SSSR count). The molecule has 0 saturated carbocycles. The van der Waals surface area contributed by atoms with Crippen molar-refractivity contribution in [2.75, 3.05) is 11.9 Å². The molecule has 1 amide bonds. The average Bonchev–Trinajstić information content (AvgIpc) is 2.46. The summed E-state index contributed by atoms with van der Waals surface area (Å²) in [7, 11) is 0. The van der Waals surface area contributed by atoms with Crippen molar-refractivity contribution in [3.63, 3.8) is 0 Å². The van der Waals surface area contributed by atoms with Crippen LogP contribution in [0.4, 0.5) is 5.69 Å². The summed E-state index contributed by atoms with van der Waals surface area (Å²) in [5.41, 5.74) is 1.98. The number of ether oxygens (including phenoxy) is 1. The molecule has 116 valence electrons. The molecule has 1 aliphatic rings. The molecular weight excluding hydrogens is 264 g/mol. The minimum atomic E-state index is 0.116. The van der Waals surface area contributed by atoms with E-state index in [1.807, 2.05) is 38.1 Å². The highest BCUT2D eigenvalue weighted by Gasteiger charge is 2.24. The highest BCUT2D eigenvalue weighted by atomic mass is 16.5. The lowest BCUT2D eigenvalue weighted by atomic mass is 9.92. The molecule has 1 aliphatic heterocycles. The summed E-state index contributed by atoms with van der Waals surface area (Å²) < 4.78 is 5.56. The molecule has 1 heterocycles. The Morgan fingerprint density at radius 3 is 2.71 bits per heavy atom. The smallest absolute Gasteiger partial charge is 0.227 e. The second-order valence-electron chi connectivity index (χ2n) is 6.12. The Balaban J connectivity index is 1.86. The van der Waals surface area contributed by atoms with E-state index in [0.717, 1.165) is 30.6 Å². The van der Waals surface area contributed by atoms with Gasteiger partial charge >= 0.3 is 0 Å². The number of benzene rings is 1. The van der Waals surface area contributed by atoms with Gasteiger partial charge < -0.3 is 15.4 Å². The van der Waals surface area contributed by atoms with Crippen LogP contribution in [0.15, 0.2) is 24.3 Å². The van der Waals surface area contributed by atoms with Crippen molar-refractivity contribution >= 4 is 11.6 Å². The topological polar surface area (TPSA) is 50.4 Å². The van der Waals surface area contributed by atoms with Gasteiger partial charge in [-0.25, -0.2) is 0 Å². The van der Waals surface area contributed by atoms with E-state index < -0.39 is 0 Å². The number of hydrogen-bond acceptors (Lipinski definition) is 3. The van der Waals surface area contributed by atoms with E-state index in [2.05, 4.69) is 17.6 Å². The third-order valence-electron chi connectivity index (χ3n) is 3.80. The van der Waals surface area contributed by atoms with E-state index in [0.29, 0.717) is 12.6 Å². The number of amides is 1. The number of piperidine rings is 1. The summed E-state index contributed by atoms with van der Waals surface area (Å²) in [6.45, 7) is 7.70. The Morgan fingerprint density at radius 1 is 1.38 bits per heavy atom. The molecule has 1 fully saturated rings. The summed E-state index contributed by atoms with van der Waals surface area (Å²) >= 11 is 0. The van der Waals surface area contributed by atoms with Crippen LogP contribution in [0.1, 0.15) is 39.2 Å². The quantitative estimate of drug-likeness (QED) is 0.876. The van der Waals surface area contributed by atoms with Crippen LogP contribution in [0.5, 0.6) is 0 Å². The van der Waals surface area contributed by atoms with Gasteiger partial charge in [-0.15, -0.1) is 0 Å². The van der Waals surface area contributed by atoms with E-state index >= 15 is 0 Å². The summed E-state index contributed by atoms with van der Waals surface area (Å²) in [5.74, 6) is 0.250. The van der Waals surface area contributed by atoms with Gasteiger partial charge in [-0.3, -0.25) is 4.79 Å². The van der Waals surface area contributed by atoms with Crippen LogP contribution in [-0.2, 0) is 16.1 Å².